The largest absolute Gasteiger partial charge is 1.00 e. The van der Waals surface area contributed by atoms with Crippen LogP contribution in [0.25, 0.3) is 0 Å². The molecule has 0 aromatic rings. The first-order valence-corrected chi connectivity index (χ1v) is 2.09. The molecule has 0 bridgehead atoms. The zero-order valence-electron chi connectivity index (χ0n) is 6.09. The summed E-state index contributed by atoms with van der Waals surface area (Å²) in [5.74, 6) is -1.15. The molecule has 4 heteroatoms. The molecule has 0 aromatic carbocycles. The molecule has 1 atom stereocenters. The van der Waals surface area contributed by atoms with Crippen LogP contribution < -0.4 is 29.6 Å². The molecule has 0 saturated heterocycles. The Bertz CT molecular complexity index is 78.2. The standard InChI is InChI=1S/C4H8O3.Na.H/c1-2-3(5)4(6)7;;/h3,5H,2H2,1H3,(H,6,7);;/q;+1;-1. The van der Waals surface area contributed by atoms with E-state index in [-0.39, 0.29) is 37.4 Å². The van der Waals surface area contributed by atoms with Gasteiger partial charge in [0.2, 0.25) is 0 Å². The molecular formula is C4H9NaO3. The fourth-order valence-electron chi connectivity index (χ4n) is 0.175. The molecule has 3 nitrogen and oxygen atoms in total. The second kappa shape index (κ2) is 5.56. The van der Waals surface area contributed by atoms with E-state index in [1.165, 1.54) is 0 Å². The van der Waals surface area contributed by atoms with E-state index in [1.54, 1.807) is 6.92 Å². The number of aliphatic carboxylic acids is 1. The minimum absolute atomic E-state index is 0. The van der Waals surface area contributed by atoms with Crippen molar-refractivity contribution < 1.29 is 46.0 Å². The van der Waals surface area contributed by atoms with Crippen molar-refractivity contribution in [1.29, 1.82) is 0 Å². The average Bonchev–Trinajstić information content (AvgIpc) is 1.65. The Morgan fingerprint density at radius 3 is 2.25 bits per heavy atom. The Kier molecular flexibility index (Phi) is 7.83. The van der Waals surface area contributed by atoms with Crippen LogP contribution in [0.15, 0.2) is 0 Å². The molecule has 0 fully saturated rings. The van der Waals surface area contributed by atoms with Gasteiger partial charge >= 0.3 is 35.5 Å². The van der Waals surface area contributed by atoms with Crippen molar-refractivity contribution in [2.24, 2.45) is 0 Å². The maximum absolute atomic E-state index is 9.68. The number of hydrogen-bond donors (Lipinski definition) is 2. The Morgan fingerprint density at radius 1 is 1.88 bits per heavy atom. The first kappa shape index (κ1) is 11.3. The molecule has 0 radical (unpaired) electrons. The predicted molar refractivity (Wildman–Crippen MR) is 25.0 cm³/mol. The van der Waals surface area contributed by atoms with Crippen molar-refractivity contribution in [1.82, 2.24) is 0 Å². The van der Waals surface area contributed by atoms with Crippen LogP contribution in [0.1, 0.15) is 14.8 Å². The van der Waals surface area contributed by atoms with Gasteiger partial charge in [-0.05, 0) is 6.42 Å². The SMILES string of the molecule is CCC(O)C(=O)O.[H-].[Na+]. The zero-order chi connectivity index (χ0) is 5.86. The van der Waals surface area contributed by atoms with E-state index < -0.39 is 12.1 Å². The summed E-state index contributed by atoms with van der Waals surface area (Å²) in [6, 6.07) is 0. The molecule has 0 amide bonds. The summed E-state index contributed by atoms with van der Waals surface area (Å²) in [6.45, 7) is 1.61. The Balaban J connectivity index is -0.000000180. The Labute approximate surface area is 71.5 Å². The van der Waals surface area contributed by atoms with Crippen molar-refractivity contribution in [3.8, 4) is 0 Å². The van der Waals surface area contributed by atoms with Gasteiger partial charge in [0.1, 0.15) is 0 Å². The Morgan fingerprint density at radius 2 is 2.25 bits per heavy atom. The number of rotatable bonds is 2. The predicted octanol–water partition coefficient (Wildman–Crippen LogP) is -3.04. The zero-order valence-corrected chi connectivity index (χ0v) is 7.09. The van der Waals surface area contributed by atoms with Gasteiger partial charge in [0.15, 0.2) is 6.10 Å². The first-order chi connectivity index (χ1) is 3.18. The molecule has 0 saturated carbocycles. The first-order valence-electron chi connectivity index (χ1n) is 2.09. The Hall–Kier alpha value is 0.430. The average molecular weight is 128 g/mol. The number of hydrogen-bond acceptors (Lipinski definition) is 2. The van der Waals surface area contributed by atoms with Crippen LogP contribution in [0, 0.1) is 0 Å². The van der Waals surface area contributed by atoms with Crippen LogP contribution in [0.2, 0.25) is 0 Å². The fraction of sp³-hybridized carbons (Fsp3) is 0.750. The smallest absolute Gasteiger partial charge is 1.00 e. The quantitative estimate of drug-likeness (QED) is 0.389. The fourth-order valence-corrected chi connectivity index (χ4v) is 0.175. The third kappa shape index (κ3) is 4.59. The minimum atomic E-state index is -1.18. The number of aliphatic hydroxyl groups excluding tert-OH is 1. The van der Waals surface area contributed by atoms with Crippen LogP contribution in [-0.2, 0) is 4.79 Å². The molecule has 1 unspecified atom stereocenters. The maximum atomic E-state index is 9.68. The van der Waals surface area contributed by atoms with Gasteiger partial charge < -0.3 is 11.6 Å². The van der Waals surface area contributed by atoms with Gasteiger partial charge in [0.25, 0.3) is 0 Å². The molecule has 0 aromatic heterocycles. The van der Waals surface area contributed by atoms with Crippen LogP contribution in [-0.4, -0.2) is 22.3 Å². The van der Waals surface area contributed by atoms with Crippen LogP contribution in [0.4, 0.5) is 0 Å². The van der Waals surface area contributed by atoms with Crippen molar-refractivity contribution in [2.75, 3.05) is 0 Å². The molecule has 0 aliphatic heterocycles. The van der Waals surface area contributed by atoms with Crippen molar-refractivity contribution >= 4 is 5.97 Å². The normalized spacial score (nSPS) is 11.8. The molecule has 0 heterocycles. The van der Waals surface area contributed by atoms with E-state index in [0.717, 1.165) is 0 Å². The van der Waals surface area contributed by atoms with E-state index in [4.69, 9.17) is 10.2 Å². The molecule has 0 spiro atoms. The van der Waals surface area contributed by atoms with Gasteiger partial charge in [-0.15, -0.1) is 0 Å². The summed E-state index contributed by atoms with van der Waals surface area (Å²) in [5, 5.41) is 16.3. The van der Waals surface area contributed by atoms with E-state index in [2.05, 4.69) is 0 Å². The molecule has 0 aliphatic rings. The van der Waals surface area contributed by atoms with Crippen molar-refractivity contribution in [3.05, 3.63) is 0 Å². The van der Waals surface area contributed by atoms with E-state index in [0.29, 0.717) is 0 Å². The minimum Gasteiger partial charge on any atom is -1.00 e. The van der Waals surface area contributed by atoms with Crippen molar-refractivity contribution in [2.45, 2.75) is 19.4 Å². The van der Waals surface area contributed by atoms with Crippen LogP contribution in [0.5, 0.6) is 0 Å². The third-order valence-electron chi connectivity index (χ3n) is 0.672. The van der Waals surface area contributed by atoms with Gasteiger partial charge in [0.05, 0.1) is 0 Å². The number of carbonyl (C=O) groups is 1. The number of carboxylic acids is 1. The number of aliphatic hydroxyl groups is 1. The second-order valence-electron chi connectivity index (χ2n) is 1.26. The molecular weight excluding hydrogens is 119 g/mol. The summed E-state index contributed by atoms with van der Waals surface area (Å²) in [5.41, 5.74) is 0. The van der Waals surface area contributed by atoms with E-state index in [1.807, 2.05) is 0 Å². The molecule has 0 rings (SSSR count). The summed E-state index contributed by atoms with van der Waals surface area (Å²) in [7, 11) is 0. The monoisotopic (exact) mass is 128 g/mol. The van der Waals surface area contributed by atoms with Gasteiger partial charge in [-0.2, -0.15) is 0 Å². The molecule has 2 N–H and O–H groups in total. The third-order valence-corrected chi connectivity index (χ3v) is 0.672. The van der Waals surface area contributed by atoms with Gasteiger partial charge in [-0.25, -0.2) is 4.79 Å². The summed E-state index contributed by atoms with van der Waals surface area (Å²) >= 11 is 0. The van der Waals surface area contributed by atoms with Crippen LogP contribution in [0.3, 0.4) is 0 Å². The molecule has 0 aliphatic carbocycles. The topological polar surface area (TPSA) is 57.5 Å². The number of carboxylic acid groups (broad SMARTS) is 1. The summed E-state index contributed by atoms with van der Waals surface area (Å²) < 4.78 is 0. The molecule has 44 valence electrons. The van der Waals surface area contributed by atoms with Gasteiger partial charge in [-0.3, -0.25) is 0 Å². The van der Waals surface area contributed by atoms with E-state index >= 15 is 0 Å². The molecule has 8 heavy (non-hydrogen) atoms. The second-order valence-corrected chi connectivity index (χ2v) is 1.26. The summed E-state index contributed by atoms with van der Waals surface area (Å²) in [6.07, 6.45) is -0.907. The maximum Gasteiger partial charge on any atom is 1.00 e. The van der Waals surface area contributed by atoms with Gasteiger partial charge in [0, 0.05) is 0 Å². The van der Waals surface area contributed by atoms with Gasteiger partial charge in [-0.1, -0.05) is 6.92 Å². The summed E-state index contributed by atoms with van der Waals surface area (Å²) in [4.78, 5) is 9.68. The van der Waals surface area contributed by atoms with Crippen LogP contribution >= 0.6 is 0 Å². The van der Waals surface area contributed by atoms with E-state index in [9.17, 15) is 4.79 Å². The van der Waals surface area contributed by atoms with Crippen molar-refractivity contribution in [3.63, 3.8) is 0 Å².